The largest absolute Gasteiger partial charge is 0.383 e. The number of ether oxygens (including phenoxy) is 1. The summed E-state index contributed by atoms with van der Waals surface area (Å²) in [6.45, 7) is 5.43. The van der Waals surface area contributed by atoms with Crippen molar-refractivity contribution in [1.29, 1.82) is 0 Å². The molecule has 0 spiro atoms. The second-order valence-corrected chi connectivity index (χ2v) is 5.12. The van der Waals surface area contributed by atoms with Crippen molar-refractivity contribution in [2.24, 2.45) is 0 Å². The molecule has 0 N–H and O–H groups in total. The van der Waals surface area contributed by atoms with Gasteiger partial charge in [0.25, 0.3) is 0 Å². The molecule has 1 aromatic rings. The van der Waals surface area contributed by atoms with Crippen molar-refractivity contribution >= 4 is 6.29 Å². The minimum Gasteiger partial charge on any atom is -0.383 e. The first-order valence-corrected chi connectivity index (χ1v) is 6.24. The summed E-state index contributed by atoms with van der Waals surface area (Å²) in [5.41, 5.74) is 0.578. The van der Waals surface area contributed by atoms with E-state index < -0.39 is 5.41 Å². The van der Waals surface area contributed by atoms with Crippen molar-refractivity contribution in [2.45, 2.75) is 25.3 Å². The molecule has 0 aliphatic rings. The highest BCUT2D eigenvalue weighted by molar-refractivity contribution is 5.68. The summed E-state index contributed by atoms with van der Waals surface area (Å²) in [4.78, 5) is 13.6. The van der Waals surface area contributed by atoms with Gasteiger partial charge in [-0.15, -0.1) is 0 Å². The number of benzene rings is 1. The summed E-state index contributed by atoms with van der Waals surface area (Å²) in [7, 11) is 3.72. The Hall–Kier alpha value is -1.19. The zero-order valence-electron chi connectivity index (χ0n) is 11.7. The third kappa shape index (κ3) is 3.65. The second kappa shape index (κ2) is 6.66. The van der Waals surface area contributed by atoms with Crippen LogP contribution in [0, 0.1) is 0 Å². The first kappa shape index (κ1) is 14.9. The van der Waals surface area contributed by atoms with Gasteiger partial charge in [-0.3, -0.25) is 0 Å². The molecular weight excluding hydrogens is 226 g/mol. The molecule has 0 heterocycles. The number of aldehydes is 1. The molecule has 2 atom stereocenters. The Labute approximate surface area is 110 Å². The zero-order chi connectivity index (χ0) is 13.6. The maximum Gasteiger partial charge on any atom is 0.131 e. The van der Waals surface area contributed by atoms with Crippen molar-refractivity contribution in [2.75, 3.05) is 27.3 Å². The van der Waals surface area contributed by atoms with Gasteiger partial charge in [0, 0.05) is 19.7 Å². The molecule has 0 aromatic heterocycles. The normalized spacial score (nSPS) is 16.3. The molecule has 0 bridgehead atoms. The highest BCUT2D eigenvalue weighted by Crippen LogP contribution is 2.22. The number of carbonyl (C=O) groups excluding carboxylic acids is 1. The third-order valence-corrected chi connectivity index (χ3v) is 3.43. The molecule has 0 fully saturated rings. The van der Waals surface area contributed by atoms with Crippen LogP contribution in [0.15, 0.2) is 30.3 Å². The fourth-order valence-electron chi connectivity index (χ4n) is 2.06. The third-order valence-electron chi connectivity index (χ3n) is 3.43. The highest BCUT2D eigenvalue weighted by Gasteiger charge is 2.28. The highest BCUT2D eigenvalue weighted by atomic mass is 16.5. The number of rotatable bonds is 7. The van der Waals surface area contributed by atoms with Crippen molar-refractivity contribution in [3.8, 4) is 0 Å². The molecule has 1 rings (SSSR count). The smallest absolute Gasteiger partial charge is 0.131 e. The van der Waals surface area contributed by atoms with Crippen LogP contribution in [0.2, 0.25) is 0 Å². The molecule has 1 aromatic carbocycles. The second-order valence-electron chi connectivity index (χ2n) is 5.12. The lowest BCUT2D eigenvalue weighted by atomic mass is 9.83. The van der Waals surface area contributed by atoms with E-state index in [9.17, 15) is 4.79 Å². The van der Waals surface area contributed by atoms with Gasteiger partial charge < -0.3 is 14.4 Å². The Morgan fingerprint density at radius 1 is 1.39 bits per heavy atom. The summed E-state index contributed by atoms with van der Waals surface area (Å²) in [5, 5.41) is 0. The van der Waals surface area contributed by atoms with Crippen molar-refractivity contribution in [3.05, 3.63) is 35.9 Å². The lowest BCUT2D eigenvalue weighted by Gasteiger charge is -2.32. The summed E-state index contributed by atoms with van der Waals surface area (Å²) in [6, 6.07) is 10.2. The van der Waals surface area contributed by atoms with Crippen LogP contribution in [0.3, 0.4) is 0 Å². The first-order chi connectivity index (χ1) is 8.53. The fraction of sp³-hybridized carbons (Fsp3) is 0.533. The van der Waals surface area contributed by atoms with Gasteiger partial charge in [0.15, 0.2) is 0 Å². The molecule has 0 radical (unpaired) electrons. The average Bonchev–Trinajstić information content (AvgIpc) is 2.39. The molecular formula is C15H23NO2. The Kier molecular flexibility index (Phi) is 5.51. The van der Waals surface area contributed by atoms with Gasteiger partial charge in [0.2, 0.25) is 0 Å². The lowest BCUT2D eigenvalue weighted by Crippen LogP contribution is -2.43. The van der Waals surface area contributed by atoms with Crippen molar-refractivity contribution in [3.63, 3.8) is 0 Å². The maximum atomic E-state index is 11.5. The lowest BCUT2D eigenvalue weighted by molar-refractivity contribution is -0.112. The number of methoxy groups -OCH3 is 1. The van der Waals surface area contributed by atoms with Crippen LogP contribution < -0.4 is 0 Å². The van der Waals surface area contributed by atoms with E-state index in [2.05, 4.69) is 11.8 Å². The molecule has 0 saturated carbocycles. The summed E-state index contributed by atoms with van der Waals surface area (Å²) >= 11 is 0. The number of hydrogen-bond donors (Lipinski definition) is 0. The number of carbonyl (C=O) groups is 1. The minimum atomic E-state index is -0.474. The monoisotopic (exact) mass is 249 g/mol. The van der Waals surface area contributed by atoms with Gasteiger partial charge in [-0.2, -0.15) is 0 Å². The Balaban J connectivity index is 2.80. The van der Waals surface area contributed by atoms with Crippen LogP contribution in [0.5, 0.6) is 0 Å². The van der Waals surface area contributed by atoms with Crippen LogP contribution in [0.4, 0.5) is 0 Å². The topological polar surface area (TPSA) is 29.5 Å². The summed E-state index contributed by atoms with van der Waals surface area (Å²) in [6.07, 6.45) is 1.04. The predicted octanol–water partition coefficient (Wildman–Crippen LogP) is 2.11. The van der Waals surface area contributed by atoms with Gasteiger partial charge in [-0.05, 0) is 26.5 Å². The van der Waals surface area contributed by atoms with E-state index in [-0.39, 0.29) is 6.04 Å². The van der Waals surface area contributed by atoms with E-state index in [1.54, 1.807) is 7.11 Å². The zero-order valence-corrected chi connectivity index (χ0v) is 11.7. The molecule has 2 unspecified atom stereocenters. The van der Waals surface area contributed by atoms with Gasteiger partial charge in [0.05, 0.1) is 12.0 Å². The molecule has 3 heteroatoms. The van der Waals surface area contributed by atoms with E-state index >= 15 is 0 Å². The number of likely N-dealkylation sites (N-methyl/N-ethyl adjacent to an activating group) is 1. The van der Waals surface area contributed by atoms with E-state index in [4.69, 9.17) is 4.74 Å². The minimum absolute atomic E-state index is 0.290. The van der Waals surface area contributed by atoms with Crippen LogP contribution in [0.1, 0.15) is 19.4 Å². The first-order valence-electron chi connectivity index (χ1n) is 6.24. The standard InChI is InChI=1S/C15H23NO2/c1-13(10-18-4)16(3)11-15(2,12-17)14-8-6-5-7-9-14/h5-9,12-13H,10-11H2,1-4H3. The Bertz CT molecular complexity index is 366. The number of nitrogens with zero attached hydrogens (tertiary/aromatic N) is 1. The van der Waals surface area contributed by atoms with Crippen molar-refractivity contribution in [1.82, 2.24) is 4.90 Å². The number of hydrogen-bond acceptors (Lipinski definition) is 3. The Morgan fingerprint density at radius 3 is 2.50 bits per heavy atom. The molecule has 18 heavy (non-hydrogen) atoms. The van der Waals surface area contributed by atoms with E-state index in [0.717, 1.165) is 11.8 Å². The van der Waals surface area contributed by atoms with E-state index in [0.29, 0.717) is 13.2 Å². The van der Waals surface area contributed by atoms with Gasteiger partial charge in [-0.1, -0.05) is 30.3 Å². The molecule has 0 saturated heterocycles. The average molecular weight is 249 g/mol. The van der Waals surface area contributed by atoms with E-state index in [1.165, 1.54) is 0 Å². The van der Waals surface area contributed by atoms with Gasteiger partial charge >= 0.3 is 0 Å². The Morgan fingerprint density at radius 2 is 2.00 bits per heavy atom. The summed E-state index contributed by atoms with van der Waals surface area (Å²) < 4.78 is 5.15. The van der Waals surface area contributed by atoms with Gasteiger partial charge in [0.1, 0.15) is 6.29 Å². The van der Waals surface area contributed by atoms with Gasteiger partial charge in [-0.25, -0.2) is 0 Å². The summed E-state index contributed by atoms with van der Waals surface area (Å²) in [5.74, 6) is 0. The molecule has 3 nitrogen and oxygen atoms in total. The maximum absolute atomic E-state index is 11.5. The quantitative estimate of drug-likeness (QED) is 0.693. The molecule has 0 aliphatic carbocycles. The molecule has 0 amide bonds. The molecule has 100 valence electrons. The SMILES string of the molecule is COCC(C)N(C)CC(C)(C=O)c1ccccc1. The van der Waals surface area contributed by atoms with Crippen LogP contribution >= 0.6 is 0 Å². The predicted molar refractivity (Wildman–Crippen MR) is 73.8 cm³/mol. The fourth-order valence-corrected chi connectivity index (χ4v) is 2.06. The van der Waals surface area contributed by atoms with Crippen LogP contribution in [-0.2, 0) is 14.9 Å². The van der Waals surface area contributed by atoms with Crippen LogP contribution in [-0.4, -0.2) is 44.5 Å². The van der Waals surface area contributed by atoms with E-state index in [1.807, 2.05) is 44.3 Å². The van der Waals surface area contributed by atoms with Crippen LogP contribution in [0.25, 0.3) is 0 Å². The molecule has 0 aliphatic heterocycles. The van der Waals surface area contributed by atoms with Crippen molar-refractivity contribution < 1.29 is 9.53 Å².